The van der Waals surface area contributed by atoms with Gasteiger partial charge in [-0.1, -0.05) is 42.5 Å². The maximum absolute atomic E-state index is 11.9. The first-order valence-corrected chi connectivity index (χ1v) is 8.24. The number of hydrogen-bond donors (Lipinski definition) is 3. The van der Waals surface area contributed by atoms with Crippen LogP contribution in [0.3, 0.4) is 0 Å². The summed E-state index contributed by atoms with van der Waals surface area (Å²) in [6, 6.07) is 14.7. The molecule has 2 rings (SSSR count). The zero-order chi connectivity index (χ0) is 16.7. The van der Waals surface area contributed by atoms with Crippen LogP contribution in [-0.2, 0) is 6.42 Å². The molecule has 0 fully saturated rings. The number of aliphatic hydroxyl groups excluding tert-OH is 1. The molecule has 0 bridgehead atoms. The van der Waals surface area contributed by atoms with E-state index in [0.29, 0.717) is 6.42 Å². The van der Waals surface area contributed by atoms with Crippen molar-refractivity contribution in [2.45, 2.75) is 45.2 Å². The number of amides is 2. The van der Waals surface area contributed by atoms with Gasteiger partial charge in [0.25, 0.3) is 0 Å². The van der Waals surface area contributed by atoms with E-state index in [9.17, 15) is 4.79 Å². The summed E-state index contributed by atoms with van der Waals surface area (Å²) in [6.45, 7) is 4.11. The Morgan fingerprint density at radius 3 is 2.48 bits per heavy atom. The number of urea groups is 1. The highest BCUT2D eigenvalue weighted by Crippen LogP contribution is 2.16. The number of hydrogen-bond acceptors (Lipinski definition) is 2. The van der Waals surface area contributed by atoms with Crippen LogP contribution in [0.25, 0.3) is 10.8 Å². The average molecular weight is 314 g/mol. The normalized spacial score (nSPS) is 13.5. The highest BCUT2D eigenvalue weighted by Gasteiger charge is 2.11. The van der Waals surface area contributed by atoms with Crippen molar-refractivity contribution in [3.05, 3.63) is 48.0 Å². The minimum Gasteiger partial charge on any atom is -0.396 e. The summed E-state index contributed by atoms with van der Waals surface area (Å²) in [6.07, 6.45) is 2.28. The zero-order valence-electron chi connectivity index (χ0n) is 13.9. The van der Waals surface area contributed by atoms with Crippen molar-refractivity contribution >= 4 is 16.8 Å². The smallest absolute Gasteiger partial charge is 0.315 e. The average Bonchev–Trinajstić information content (AvgIpc) is 2.52. The van der Waals surface area contributed by atoms with Crippen LogP contribution in [0.5, 0.6) is 0 Å². The van der Waals surface area contributed by atoms with Gasteiger partial charge in [0.1, 0.15) is 0 Å². The van der Waals surface area contributed by atoms with Crippen LogP contribution < -0.4 is 10.6 Å². The number of benzene rings is 2. The van der Waals surface area contributed by atoms with Gasteiger partial charge in [-0.2, -0.15) is 0 Å². The lowest BCUT2D eigenvalue weighted by atomic mass is 10.0. The fourth-order valence-electron chi connectivity index (χ4n) is 2.73. The number of aliphatic hydroxyl groups is 1. The first-order valence-electron chi connectivity index (χ1n) is 8.24. The predicted molar refractivity (Wildman–Crippen MR) is 94.6 cm³/mol. The lowest BCUT2D eigenvalue weighted by Crippen LogP contribution is -2.45. The van der Waals surface area contributed by atoms with Crippen molar-refractivity contribution in [3.8, 4) is 0 Å². The van der Waals surface area contributed by atoms with Crippen molar-refractivity contribution in [2.75, 3.05) is 6.61 Å². The van der Waals surface area contributed by atoms with E-state index in [0.717, 1.165) is 12.8 Å². The molecule has 0 heterocycles. The molecule has 2 atom stereocenters. The lowest BCUT2D eigenvalue weighted by molar-refractivity contribution is 0.231. The van der Waals surface area contributed by atoms with Gasteiger partial charge in [0.2, 0.25) is 0 Å². The number of nitrogens with one attached hydrogen (secondary N) is 2. The summed E-state index contributed by atoms with van der Waals surface area (Å²) in [7, 11) is 0. The van der Waals surface area contributed by atoms with Gasteiger partial charge in [0, 0.05) is 18.7 Å². The highest BCUT2D eigenvalue weighted by molar-refractivity contribution is 5.83. The van der Waals surface area contributed by atoms with Gasteiger partial charge in [-0.05, 0) is 49.4 Å². The van der Waals surface area contributed by atoms with Crippen LogP contribution in [0.2, 0.25) is 0 Å². The molecule has 0 aliphatic carbocycles. The third kappa shape index (κ3) is 5.57. The fourth-order valence-corrected chi connectivity index (χ4v) is 2.73. The van der Waals surface area contributed by atoms with Crippen LogP contribution in [0.15, 0.2) is 42.5 Å². The lowest BCUT2D eigenvalue weighted by Gasteiger charge is -2.18. The van der Waals surface area contributed by atoms with Crippen molar-refractivity contribution in [3.63, 3.8) is 0 Å². The van der Waals surface area contributed by atoms with Gasteiger partial charge in [-0.15, -0.1) is 0 Å². The fraction of sp³-hybridized carbons (Fsp3) is 0.421. The maximum atomic E-state index is 11.9. The second kappa shape index (κ2) is 8.53. The maximum Gasteiger partial charge on any atom is 0.315 e. The molecule has 0 radical (unpaired) electrons. The Morgan fingerprint density at radius 1 is 1.04 bits per heavy atom. The SMILES string of the molecule is CC(CCCO)NC(=O)NC(C)Cc1ccc2ccccc2c1. The first kappa shape index (κ1) is 17.3. The molecule has 2 unspecified atom stereocenters. The third-order valence-corrected chi connectivity index (χ3v) is 3.91. The number of rotatable bonds is 7. The van der Waals surface area contributed by atoms with Crippen LogP contribution in [-0.4, -0.2) is 29.8 Å². The van der Waals surface area contributed by atoms with E-state index in [4.69, 9.17) is 5.11 Å². The third-order valence-electron chi connectivity index (χ3n) is 3.91. The molecule has 4 nitrogen and oxygen atoms in total. The molecule has 0 aromatic heterocycles. The quantitative estimate of drug-likeness (QED) is 0.735. The molecule has 23 heavy (non-hydrogen) atoms. The van der Waals surface area contributed by atoms with E-state index < -0.39 is 0 Å². The molecule has 2 amide bonds. The molecule has 0 aliphatic rings. The van der Waals surface area contributed by atoms with Crippen molar-refractivity contribution in [1.82, 2.24) is 10.6 Å². The molecule has 2 aromatic carbocycles. The first-order chi connectivity index (χ1) is 11.1. The van der Waals surface area contributed by atoms with Crippen LogP contribution in [0.1, 0.15) is 32.3 Å². The summed E-state index contributed by atoms with van der Waals surface area (Å²) in [5.74, 6) is 0. The molecule has 2 aromatic rings. The van der Waals surface area contributed by atoms with Crippen LogP contribution >= 0.6 is 0 Å². The van der Waals surface area contributed by atoms with Gasteiger partial charge in [0.15, 0.2) is 0 Å². The molecular formula is C19H26N2O2. The van der Waals surface area contributed by atoms with Crippen molar-refractivity contribution < 1.29 is 9.90 Å². The minimum absolute atomic E-state index is 0.0567. The molecule has 4 heteroatoms. The Bertz CT molecular complexity index is 642. The number of carbonyl (C=O) groups is 1. The second-order valence-electron chi connectivity index (χ2n) is 6.17. The molecule has 124 valence electrons. The molecule has 0 aliphatic heterocycles. The molecule has 3 N–H and O–H groups in total. The van der Waals surface area contributed by atoms with E-state index in [1.165, 1.54) is 16.3 Å². The Labute approximate surface area is 137 Å². The Balaban J connectivity index is 1.85. The van der Waals surface area contributed by atoms with E-state index >= 15 is 0 Å². The van der Waals surface area contributed by atoms with Crippen LogP contribution in [0.4, 0.5) is 4.79 Å². The Kier molecular flexibility index (Phi) is 6.41. The monoisotopic (exact) mass is 314 g/mol. The van der Waals surface area contributed by atoms with E-state index in [-0.39, 0.29) is 24.7 Å². The molecular weight excluding hydrogens is 288 g/mol. The Morgan fingerprint density at radius 2 is 1.74 bits per heavy atom. The summed E-state index contributed by atoms with van der Waals surface area (Å²) in [4.78, 5) is 11.9. The predicted octanol–water partition coefficient (Wildman–Crippen LogP) is 3.23. The summed E-state index contributed by atoms with van der Waals surface area (Å²) < 4.78 is 0. The number of fused-ring (bicyclic) bond motifs is 1. The highest BCUT2D eigenvalue weighted by atomic mass is 16.3. The Hall–Kier alpha value is -2.07. The minimum atomic E-state index is -0.149. The molecule has 0 saturated carbocycles. The van der Waals surface area contributed by atoms with Gasteiger partial charge >= 0.3 is 6.03 Å². The van der Waals surface area contributed by atoms with E-state index in [2.05, 4.69) is 41.0 Å². The van der Waals surface area contributed by atoms with E-state index in [1.54, 1.807) is 0 Å². The van der Waals surface area contributed by atoms with Gasteiger partial charge in [-0.3, -0.25) is 0 Å². The van der Waals surface area contributed by atoms with Crippen molar-refractivity contribution in [1.29, 1.82) is 0 Å². The summed E-state index contributed by atoms with van der Waals surface area (Å²) in [5.41, 5.74) is 1.21. The number of carbonyl (C=O) groups excluding carboxylic acids is 1. The topological polar surface area (TPSA) is 61.4 Å². The zero-order valence-corrected chi connectivity index (χ0v) is 13.9. The largest absolute Gasteiger partial charge is 0.396 e. The van der Waals surface area contributed by atoms with Crippen LogP contribution in [0, 0.1) is 0 Å². The van der Waals surface area contributed by atoms with Gasteiger partial charge in [-0.25, -0.2) is 4.79 Å². The standard InChI is InChI=1S/C19H26N2O2/c1-14(6-5-11-22)20-19(23)21-15(2)12-16-9-10-17-7-3-4-8-18(17)13-16/h3-4,7-10,13-15,22H,5-6,11-12H2,1-2H3,(H2,20,21,23). The van der Waals surface area contributed by atoms with E-state index in [1.807, 2.05) is 26.0 Å². The van der Waals surface area contributed by atoms with Gasteiger partial charge < -0.3 is 15.7 Å². The summed E-state index contributed by atoms with van der Waals surface area (Å²) >= 11 is 0. The van der Waals surface area contributed by atoms with Gasteiger partial charge in [0.05, 0.1) is 0 Å². The molecule has 0 spiro atoms. The molecule has 0 saturated heterocycles. The second-order valence-corrected chi connectivity index (χ2v) is 6.17. The van der Waals surface area contributed by atoms with Crippen molar-refractivity contribution in [2.24, 2.45) is 0 Å². The summed E-state index contributed by atoms with van der Waals surface area (Å²) in [5, 5.41) is 17.1.